The highest BCUT2D eigenvalue weighted by Crippen LogP contribution is 2.48. The normalized spacial score (nSPS) is 12.9. The molecule has 0 saturated carbocycles. The average molecular weight is 278 g/mol. The first-order chi connectivity index (χ1) is 8.53. The fraction of sp³-hybridized carbons (Fsp3) is 1.00. The first-order valence-electron chi connectivity index (χ1n) is 7.17. The van der Waals surface area contributed by atoms with Crippen molar-refractivity contribution < 1.29 is 4.57 Å². The molecule has 0 aromatic carbocycles. The second-order valence-corrected chi connectivity index (χ2v) is 6.51. The minimum atomic E-state index is -2.69. The predicted molar refractivity (Wildman–Crippen MR) is 79.5 cm³/mol. The van der Waals surface area contributed by atoms with Gasteiger partial charge >= 0.3 is 0 Å². The summed E-state index contributed by atoms with van der Waals surface area (Å²) in [6, 6.07) is 0. The molecule has 0 rings (SSSR count). The second-order valence-electron chi connectivity index (χ2n) is 4.09. The Labute approximate surface area is 113 Å². The van der Waals surface area contributed by atoms with Crippen LogP contribution in [0.15, 0.2) is 0 Å². The first-order valence-corrected chi connectivity index (χ1v) is 8.78. The minimum absolute atomic E-state index is 0.790. The quantitative estimate of drug-likeness (QED) is 0.491. The number of hydrazine groups is 1. The van der Waals surface area contributed by atoms with Gasteiger partial charge in [0.25, 0.3) is 7.59 Å². The van der Waals surface area contributed by atoms with Gasteiger partial charge in [-0.05, 0) is 0 Å². The standard InChI is InChI=1S/C12H31N4OP/c1-7-14(8-2)13-18(17,15(9-3)10-4)16(11-5)12-6/h7-12H2,1-6H3,(H,13,17). The third kappa shape index (κ3) is 4.32. The number of nitrogens with one attached hydrogen (secondary N) is 1. The molecule has 110 valence electrons. The zero-order valence-electron chi connectivity index (χ0n) is 12.9. The van der Waals surface area contributed by atoms with Crippen molar-refractivity contribution >= 4 is 7.59 Å². The van der Waals surface area contributed by atoms with Gasteiger partial charge in [0.1, 0.15) is 0 Å². The monoisotopic (exact) mass is 278 g/mol. The molecule has 0 amide bonds. The van der Waals surface area contributed by atoms with E-state index in [0.29, 0.717) is 0 Å². The third-order valence-corrected chi connectivity index (χ3v) is 6.47. The highest BCUT2D eigenvalue weighted by atomic mass is 31.2. The van der Waals surface area contributed by atoms with Crippen LogP contribution in [0.5, 0.6) is 0 Å². The van der Waals surface area contributed by atoms with Crippen LogP contribution in [0.1, 0.15) is 41.5 Å². The molecule has 0 unspecified atom stereocenters. The number of hydrogen-bond donors (Lipinski definition) is 1. The van der Waals surface area contributed by atoms with Gasteiger partial charge in [-0.2, -0.15) is 5.20 Å². The van der Waals surface area contributed by atoms with E-state index in [-0.39, 0.29) is 0 Å². The lowest BCUT2D eigenvalue weighted by Gasteiger charge is -2.40. The van der Waals surface area contributed by atoms with Gasteiger partial charge in [-0.25, -0.2) is 14.3 Å². The van der Waals surface area contributed by atoms with E-state index in [4.69, 9.17) is 0 Å². The molecule has 0 aromatic heterocycles. The molecule has 0 spiro atoms. The van der Waals surface area contributed by atoms with Crippen molar-refractivity contribution in [2.24, 2.45) is 0 Å². The Bertz CT molecular complexity index is 234. The Morgan fingerprint density at radius 1 is 0.722 bits per heavy atom. The van der Waals surface area contributed by atoms with Crippen LogP contribution in [0.3, 0.4) is 0 Å². The molecule has 0 fully saturated rings. The smallest absolute Gasteiger partial charge is 0.269 e. The zero-order chi connectivity index (χ0) is 14.2. The second kappa shape index (κ2) is 9.05. The maximum atomic E-state index is 13.4. The van der Waals surface area contributed by atoms with E-state index in [0.717, 1.165) is 39.3 Å². The summed E-state index contributed by atoms with van der Waals surface area (Å²) in [5.74, 6) is 0. The Hall–Kier alpha value is 0.0700. The van der Waals surface area contributed by atoms with Crippen LogP contribution in [-0.4, -0.2) is 53.6 Å². The van der Waals surface area contributed by atoms with Crippen LogP contribution < -0.4 is 5.20 Å². The summed E-state index contributed by atoms with van der Waals surface area (Å²) in [7, 11) is -2.69. The Morgan fingerprint density at radius 3 is 1.28 bits per heavy atom. The van der Waals surface area contributed by atoms with E-state index in [1.807, 2.05) is 14.3 Å². The largest absolute Gasteiger partial charge is 0.297 e. The van der Waals surface area contributed by atoms with Crippen LogP contribution in [0.2, 0.25) is 0 Å². The molecular weight excluding hydrogens is 247 g/mol. The van der Waals surface area contributed by atoms with Gasteiger partial charge in [0, 0.05) is 39.3 Å². The molecule has 0 saturated heterocycles. The topological polar surface area (TPSA) is 38.8 Å². The predicted octanol–water partition coefficient (Wildman–Crippen LogP) is 2.62. The molecule has 6 heteroatoms. The van der Waals surface area contributed by atoms with E-state index in [2.05, 4.69) is 46.7 Å². The van der Waals surface area contributed by atoms with Gasteiger partial charge in [-0.15, -0.1) is 0 Å². The molecule has 0 aromatic rings. The fourth-order valence-electron chi connectivity index (χ4n) is 2.07. The average Bonchev–Trinajstić information content (AvgIpc) is 2.38. The molecule has 0 bridgehead atoms. The maximum Gasteiger partial charge on any atom is 0.297 e. The lowest BCUT2D eigenvalue weighted by molar-refractivity contribution is 0.232. The van der Waals surface area contributed by atoms with Gasteiger partial charge in [0.05, 0.1) is 0 Å². The summed E-state index contributed by atoms with van der Waals surface area (Å²) in [4.78, 5) is 0. The zero-order valence-corrected chi connectivity index (χ0v) is 13.8. The van der Waals surface area contributed by atoms with Crippen LogP contribution >= 0.6 is 7.59 Å². The van der Waals surface area contributed by atoms with E-state index >= 15 is 0 Å². The summed E-state index contributed by atoms with van der Waals surface area (Å²) in [6.45, 7) is 17.2. The van der Waals surface area contributed by atoms with Gasteiger partial charge in [-0.3, -0.25) is 4.57 Å². The molecule has 0 heterocycles. The fourth-order valence-corrected chi connectivity index (χ4v) is 4.86. The summed E-state index contributed by atoms with van der Waals surface area (Å²) >= 11 is 0. The highest BCUT2D eigenvalue weighted by molar-refractivity contribution is 7.56. The summed E-state index contributed by atoms with van der Waals surface area (Å²) in [6.07, 6.45) is 0. The lowest BCUT2D eigenvalue weighted by Crippen LogP contribution is -2.46. The Kier molecular flexibility index (Phi) is 9.09. The van der Waals surface area contributed by atoms with Crippen molar-refractivity contribution in [2.75, 3.05) is 39.3 Å². The summed E-state index contributed by atoms with van der Waals surface area (Å²) < 4.78 is 17.4. The van der Waals surface area contributed by atoms with Crippen molar-refractivity contribution in [3.8, 4) is 0 Å². The molecule has 18 heavy (non-hydrogen) atoms. The number of rotatable bonds is 10. The molecule has 0 aliphatic rings. The first kappa shape index (κ1) is 18.1. The van der Waals surface area contributed by atoms with Gasteiger partial charge in [0.15, 0.2) is 0 Å². The van der Waals surface area contributed by atoms with Crippen molar-refractivity contribution in [3.05, 3.63) is 0 Å². The minimum Gasteiger partial charge on any atom is -0.269 e. The van der Waals surface area contributed by atoms with E-state index in [1.54, 1.807) is 0 Å². The Balaban J connectivity index is 5.18. The SMILES string of the molecule is CCN(CC)NP(=O)(N(CC)CC)N(CC)CC. The van der Waals surface area contributed by atoms with Gasteiger partial charge in [0.2, 0.25) is 0 Å². The summed E-state index contributed by atoms with van der Waals surface area (Å²) in [5.41, 5.74) is 0. The van der Waals surface area contributed by atoms with E-state index in [1.165, 1.54) is 0 Å². The van der Waals surface area contributed by atoms with Crippen molar-refractivity contribution in [1.82, 2.24) is 19.5 Å². The molecule has 0 aliphatic heterocycles. The van der Waals surface area contributed by atoms with Crippen LogP contribution in [0.25, 0.3) is 0 Å². The number of nitrogens with zero attached hydrogens (tertiary/aromatic N) is 3. The molecule has 1 N–H and O–H groups in total. The Morgan fingerprint density at radius 2 is 1.06 bits per heavy atom. The molecule has 5 nitrogen and oxygen atoms in total. The van der Waals surface area contributed by atoms with Crippen molar-refractivity contribution in [2.45, 2.75) is 41.5 Å². The van der Waals surface area contributed by atoms with E-state index in [9.17, 15) is 4.57 Å². The van der Waals surface area contributed by atoms with Crippen molar-refractivity contribution in [3.63, 3.8) is 0 Å². The molecule has 0 radical (unpaired) electrons. The van der Waals surface area contributed by atoms with Gasteiger partial charge < -0.3 is 0 Å². The third-order valence-electron chi connectivity index (χ3n) is 3.26. The maximum absolute atomic E-state index is 13.4. The van der Waals surface area contributed by atoms with Crippen LogP contribution in [0, 0.1) is 0 Å². The molecule has 0 aliphatic carbocycles. The van der Waals surface area contributed by atoms with Gasteiger partial charge in [-0.1, -0.05) is 41.5 Å². The highest BCUT2D eigenvalue weighted by Gasteiger charge is 2.35. The van der Waals surface area contributed by atoms with E-state index < -0.39 is 7.59 Å². The van der Waals surface area contributed by atoms with Crippen LogP contribution in [0.4, 0.5) is 0 Å². The summed E-state index contributed by atoms with van der Waals surface area (Å²) in [5, 5.41) is 5.30. The molecular formula is C12H31N4OP. The molecule has 0 atom stereocenters. The number of hydrogen-bond acceptors (Lipinski definition) is 2. The van der Waals surface area contributed by atoms with Crippen molar-refractivity contribution in [1.29, 1.82) is 0 Å². The van der Waals surface area contributed by atoms with Crippen LogP contribution in [-0.2, 0) is 4.57 Å². The lowest BCUT2D eigenvalue weighted by atomic mass is 10.6.